The van der Waals surface area contributed by atoms with Gasteiger partial charge >= 0.3 is 0 Å². The van der Waals surface area contributed by atoms with Gasteiger partial charge in [-0.1, -0.05) is 25.0 Å². The Hall–Kier alpha value is -0.520. The third-order valence-corrected chi connectivity index (χ3v) is 6.90. The van der Waals surface area contributed by atoms with E-state index in [2.05, 4.69) is 0 Å². The number of sulfone groups is 1. The number of hydrogen-bond acceptors (Lipinski definition) is 4. The van der Waals surface area contributed by atoms with Crippen molar-refractivity contribution >= 4 is 21.6 Å². The fourth-order valence-corrected chi connectivity index (χ4v) is 5.38. The largest absolute Gasteiger partial charge is 0.326 e. The van der Waals surface area contributed by atoms with E-state index in [4.69, 9.17) is 5.73 Å². The third-order valence-electron chi connectivity index (χ3n) is 3.53. The fourth-order valence-electron chi connectivity index (χ4n) is 2.33. The van der Waals surface area contributed by atoms with Gasteiger partial charge in [0.15, 0.2) is 9.84 Å². The van der Waals surface area contributed by atoms with Gasteiger partial charge in [-0.15, -0.1) is 0 Å². The molecular formula is C14H21NO2S2. The van der Waals surface area contributed by atoms with Crippen LogP contribution in [0, 0.1) is 0 Å². The lowest BCUT2D eigenvalue weighted by atomic mass is 10.2. The fraction of sp³-hybridized carbons (Fsp3) is 0.571. The molecule has 1 aliphatic carbocycles. The van der Waals surface area contributed by atoms with Crippen LogP contribution in [0.5, 0.6) is 0 Å². The summed E-state index contributed by atoms with van der Waals surface area (Å²) in [6.07, 6.45) is 5.09. The van der Waals surface area contributed by atoms with Crippen LogP contribution in [-0.2, 0) is 16.4 Å². The SMILES string of the molecule is NCc1ccc(S(=O)(=O)CCSC2CCCC2)cc1. The Balaban J connectivity index is 1.89. The van der Waals surface area contributed by atoms with Gasteiger partial charge in [-0.25, -0.2) is 8.42 Å². The molecule has 0 bridgehead atoms. The van der Waals surface area contributed by atoms with Crippen molar-refractivity contribution in [3.8, 4) is 0 Å². The molecule has 106 valence electrons. The molecule has 19 heavy (non-hydrogen) atoms. The summed E-state index contributed by atoms with van der Waals surface area (Å²) >= 11 is 1.81. The summed E-state index contributed by atoms with van der Waals surface area (Å²) in [6, 6.07) is 6.91. The summed E-state index contributed by atoms with van der Waals surface area (Å²) in [7, 11) is -3.14. The molecule has 0 atom stereocenters. The highest BCUT2D eigenvalue weighted by molar-refractivity contribution is 8.01. The van der Waals surface area contributed by atoms with Crippen molar-refractivity contribution in [1.29, 1.82) is 0 Å². The molecule has 0 heterocycles. The lowest BCUT2D eigenvalue weighted by Gasteiger charge is -2.09. The van der Waals surface area contributed by atoms with Crippen LogP contribution in [0.15, 0.2) is 29.2 Å². The monoisotopic (exact) mass is 299 g/mol. The van der Waals surface area contributed by atoms with Crippen LogP contribution in [0.3, 0.4) is 0 Å². The highest BCUT2D eigenvalue weighted by Crippen LogP contribution is 2.29. The molecule has 0 amide bonds. The minimum absolute atomic E-state index is 0.232. The van der Waals surface area contributed by atoms with E-state index in [0.717, 1.165) is 5.56 Å². The summed E-state index contributed by atoms with van der Waals surface area (Å²) in [4.78, 5) is 0.414. The molecule has 5 heteroatoms. The summed E-state index contributed by atoms with van der Waals surface area (Å²) < 4.78 is 24.3. The maximum atomic E-state index is 12.2. The molecule has 2 rings (SSSR count). The van der Waals surface area contributed by atoms with E-state index in [1.165, 1.54) is 25.7 Å². The minimum Gasteiger partial charge on any atom is -0.326 e. The molecule has 2 N–H and O–H groups in total. The second-order valence-electron chi connectivity index (χ2n) is 4.94. The van der Waals surface area contributed by atoms with Crippen LogP contribution in [0.4, 0.5) is 0 Å². The van der Waals surface area contributed by atoms with Crippen molar-refractivity contribution in [2.75, 3.05) is 11.5 Å². The van der Waals surface area contributed by atoms with Crippen LogP contribution in [-0.4, -0.2) is 25.2 Å². The topological polar surface area (TPSA) is 60.2 Å². The number of benzene rings is 1. The number of nitrogens with two attached hydrogens (primary N) is 1. The molecule has 1 aliphatic rings. The van der Waals surface area contributed by atoms with Gasteiger partial charge in [-0.2, -0.15) is 11.8 Å². The Kier molecular flexibility index (Phi) is 5.30. The van der Waals surface area contributed by atoms with Gasteiger partial charge in [0.2, 0.25) is 0 Å². The van der Waals surface area contributed by atoms with Crippen molar-refractivity contribution in [1.82, 2.24) is 0 Å². The first kappa shape index (κ1) is 14.9. The van der Waals surface area contributed by atoms with Crippen LogP contribution in [0.1, 0.15) is 31.2 Å². The Labute approximate surface area is 119 Å². The molecule has 1 aromatic carbocycles. The Morgan fingerprint density at radius 1 is 1.16 bits per heavy atom. The predicted molar refractivity (Wildman–Crippen MR) is 81.1 cm³/mol. The Morgan fingerprint density at radius 3 is 2.37 bits per heavy atom. The summed E-state index contributed by atoms with van der Waals surface area (Å²) in [6.45, 7) is 0.442. The molecule has 0 aromatic heterocycles. The van der Waals surface area contributed by atoms with E-state index in [0.29, 0.717) is 22.4 Å². The molecule has 3 nitrogen and oxygen atoms in total. The van der Waals surface area contributed by atoms with Gasteiger partial charge in [0.05, 0.1) is 10.6 Å². The van der Waals surface area contributed by atoms with E-state index in [-0.39, 0.29) is 5.75 Å². The number of thioether (sulfide) groups is 1. The Morgan fingerprint density at radius 2 is 1.79 bits per heavy atom. The lowest BCUT2D eigenvalue weighted by Crippen LogP contribution is -2.11. The second-order valence-corrected chi connectivity index (χ2v) is 8.46. The first-order valence-electron chi connectivity index (χ1n) is 6.75. The molecule has 1 aromatic rings. The van der Waals surface area contributed by atoms with E-state index in [1.54, 1.807) is 24.3 Å². The van der Waals surface area contributed by atoms with Crippen molar-refractivity contribution in [3.63, 3.8) is 0 Å². The van der Waals surface area contributed by atoms with Crippen LogP contribution >= 0.6 is 11.8 Å². The van der Waals surface area contributed by atoms with Crippen LogP contribution < -0.4 is 5.73 Å². The maximum Gasteiger partial charge on any atom is 0.179 e. The average molecular weight is 299 g/mol. The van der Waals surface area contributed by atoms with Gasteiger partial charge in [0.1, 0.15) is 0 Å². The Bertz CT molecular complexity index is 491. The molecule has 0 radical (unpaired) electrons. The number of hydrogen-bond donors (Lipinski definition) is 1. The molecule has 1 fully saturated rings. The van der Waals surface area contributed by atoms with Crippen molar-refractivity contribution in [2.24, 2.45) is 5.73 Å². The minimum atomic E-state index is -3.14. The van der Waals surface area contributed by atoms with E-state index in [1.807, 2.05) is 11.8 Å². The predicted octanol–water partition coefficient (Wildman–Crippen LogP) is 2.59. The van der Waals surface area contributed by atoms with Crippen LogP contribution in [0.25, 0.3) is 0 Å². The standard InChI is InChI=1S/C14H21NO2S2/c15-11-12-5-7-14(8-6-12)19(16,17)10-9-18-13-3-1-2-4-13/h5-8,13H,1-4,9-11,15H2. The molecule has 1 saturated carbocycles. The zero-order valence-electron chi connectivity index (χ0n) is 11.0. The smallest absolute Gasteiger partial charge is 0.179 e. The maximum absolute atomic E-state index is 12.2. The first-order valence-corrected chi connectivity index (χ1v) is 9.45. The second kappa shape index (κ2) is 6.77. The molecule has 0 unspecified atom stereocenters. The van der Waals surface area contributed by atoms with E-state index in [9.17, 15) is 8.42 Å². The third kappa shape index (κ3) is 4.23. The van der Waals surface area contributed by atoms with Crippen molar-refractivity contribution < 1.29 is 8.42 Å². The molecule has 0 saturated heterocycles. The van der Waals surface area contributed by atoms with Gasteiger partial charge in [-0.3, -0.25) is 0 Å². The van der Waals surface area contributed by atoms with Crippen molar-refractivity contribution in [3.05, 3.63) is 29.8 Å². The van der Waals surface area contributed by atoms with Gasteiger partial charge in [0.25, 0.3) is 0 Å². The van der Waals surface area contributed by atoms with Gasteiger partial charge in [0, 0.05) is 17.5 Å². The van der Waals surface area contributed by atoms with E-state index >= 15 is 0 Å². The average Bonchev–Trinajstić information content (AvgIpc) is 2.92. The lowest BCUT2D eigenvalue weighted by molar-refractivity contribution is 0.597. The normalized spacial score (nSPS) is 16.9. The molecule has 0 spiro atoms. The van der Waals surface area contributed by atoms with Gasteiger partial charge < -0.3 is 5.73 Å². The zero-order chi connectivity index (χ0) is 13.7. The molecule has 0 aliphatic heterocycles. The summed E-state index contributed by atoms with van der Waals surface area (Å²) in [5, 5.41) is 0.676. The number of rotatable bonds is 6. The zero-order valence-corrected chi connectivity index (χ0v) is 12.7. The van der Waals surface area contributed by atoms with E-state index < -0.39 is 9.84 Å². The highest BCUT2D eigenvalue weighted by Gasteiger charge is 2.18. The van der Waals surface area contributed by atoms with Crippen molar-refractivity contribution in [2.45, 2.75) is 42.4 Å². The van der Waals surface area contributed by atoms with Gasteiger partial charge in [-0.05, 0) is 30.5 Å². The van der Waals surface area contributed by atoms with Crippen LogP contribution in [0.2, 0.25) is 0 Å². The summed E-state index contributed by atoms with van der Waals surface area (Å²) in [5.74, 6) is 0.932. The molecular weight excluding hydrogens is 278 g/mol. The quantitative estimate of drug-likeness (QED) is 0.877. The summed E-state index contributed by atoms with van der Waals surface area (Å²) in [5.41, 5.74) is 6.46. The highest BCUT2D eigenvalue weighted by atomic mass is 32.2. The first-order chi connectivity index (χ1) is 9.12.